The van der Waals surface area contributed by atoms with Crippen LogP contribution in [-0.2, 0) is 14.3 Å². The Kier molecular flexibility index (Phi) is 25.3. The maximum Gasteiger partial charge on any atom is 0.306 e. The summed E-state index contributed by atoms with van der Waals surface area (Å²) in [4.78, 5) is 22.8. The summed E-state index contributed by atoms with van der Waals surface area (Å²) in [6.45, 7) is 4.43. The van der Waals surface area contributed by atoms with E-state index in [-0.39, 0.29) is 18.5 Å². The van der Waals surface area contributed by atoms with Gasteiger partial charge < -0.3 is 9.84 Å². The van der Waals surface area contributed by atoms with Crippen molar-refractivity contribution in [2.24, 2.45) is 0 Å². The lowest BCUT2D eigenvalue weighted by atomic mass is 10.0. The fourth-order valence-electron chi connectivity index (χ4n) is 4.28. The molecule has 0 spiro atoms. The molecule has 0 aromatic carbocycles. The van der Waals surface area contributed by atoms with Crippen LogP contribution < -0.4 is 0 Å². The number of allylic oxidation sites excluding steroid dienone is 2. The van der Waals surface area contributed by atoms with Crippen molar-refractivity contribution in [3.05, 3.63) is 12.2 Å². The summed E-state index contributed by atoms with van der Waals surface area (Å²) < 4.78 is 5.82. The van der Waals surface area contributed by atoms with Crippen molar-refractivity contribution in [3.8, 4) is 0 Å². The summed E-state index contributed by atoms with van der Waals surface area (Å²) in [5, 5.41) is 8.67. The molecule has 1 atom stereocenters. The zero-order valence-corrected chi connectivity index (χ0v) is 22.7. The third kappa shape index (κ3) is 25.3. The first-order chi connectivity index (χ1) is 16.6. The van der Waals surface area contributed by atoms with Gasteiger partial charge in [-0.15, -0.1) is 0 Å². The van der Waals surface area contributed by atoms with Crippen molar-refractivity contribution in [1.29, 1.82) is 0 Å². The van der Waals surface area contributed by atoms with Crippen LogP contribution in [0.2, 0.25) is 0 Å². The summed E-state index contributed by atoms with van der Waals surface area (Å²) in [5.74, 6) is -0.711. The molecule has 1 unspecified atom stereocenters. The summed E-state index contributed by atoms with van der Waals surface area (Å²) in [6, 6.07) is 0. The molecule has 34 heavy (non-hydrogen) atoms. The number of hydrogen-bond donors (Lipinski definition) is 1. The van der Waals surface area contributed by atoms with E-state index in [1.54, 1.807) is 0 Å². The van der Waals surface area contributed by atoms with Crippen LogP contribution in [0.3, 0.4) is 0 Å². The molecule has 0 aliphatic carbocycles. The Labute approximate surface area is 211 Å². The van der Waals surface area contributed by atoms with Gasteiger partial charge in [-0.1, -0.05) is 103 Å². The minimum absolute atomic E-state index is 0.0132. The largest absolute Gasteiger partial charge is 0.481 e. The standard InChI is InChI=1S/C30H56O4/c1-3-5-7-8-9-10-11-12-13-14-15-20-23-27-30(33)34-28(24-6-4-2)25-21-18-16-17-19-22-26-29(31)32/h10-11,28H,3-9,12-27H2,1-2H3,(H,31,32)/b11-10-. The lowest BCUT2D eigenvalue weighted by Gasteiger charge is -2.18. The average molecular weight is 481 g/mol. The van der Waals surface area contributed by atoms with Gasteiger partial charge in [0.05, 0.1) is 0 Å². The van der Waals surface area contributed by atoms with E-state index >= 15 is 0 Å². The first kappa shape index (κ1) is 32.7. The normalized spacial score (nSPS) is 12.3. The number of rotatable bonds is 26. The molecule has 4 nitrogen and oxygen atoms in total. The summed E-state index contributed by atoms with van der Waals surface area (Å²) in [6.07, 6.45) is 29.6. The van der Waals surface area contributed by atoms with E-state index in [1.807, 2.05) is 0 Å². The van der Waals surface area contributed by atoms with Crippen LogP contribution in [0.1, 0.15) is 162 Å². The number of carbonyl (C=O) groups is 2. The number of carboxylic acid groups (broad SMARTS) is 1. The smallest absolute Gasteiger partial charge is 0.306 e. The van der Waals surface area contributed by atoms with Gasteiger partial charge in [-0.25, -0.2) is 0 Å². The van der Waals surface area contributed by atoms with Gasteiger partial charge in [0.2, 0.25) is 0 Å². The van der Waals surface area contributed by atoms with E-state index in [0.717, 1.165) is 77.0 Å². The van der Waals surface area contributed by atoms with Crippen molar-refractivity contribution < 1.29 is 19.4 Å². The molecule has 0 aliphatic rings. The fourth-order valence-corrected chi connectivity index (χ4v) is 4.28. The summed E-state index contributed by atoms with van der Waals surface area (Å²) >= 11 is 0. The minimum atomic E-state index is -0.697. The maximum absolute atomic E-state index is 12.3. The molecule has 0 saturated carbocycles. The minimum Gasteiger partial charge on any atom is -0.481 e. The van der Waals surface area contributed by atoms with Crippen molar-refractivity contribution in [2.45, 2.75) is 168 Å². The highest BCUT2D eigenvalue weighted by Gasteiger charge is 2.13. The van der Waals surface area contributed by atoms with Crippen molar-refractivity contribution in [3.63, 3.8) is 0 Å². The molecule has 0 aromatic rings. The number of unbranched alkanes of at least 4 members (excludes halogenated alkanes) is 15. The van der Waals surface area contributed by atoms with Crippen molar-refractivity contribution in [1.82, 2.24) is 0 Å². The first-order valence-corrected chi connectivity index (χ1v) is 14.7. The number of esters is 1. The molecule has 1 N–H and O–H groups in total. The van der Waals surface area contributed by atoms with Crippen molar-refractivity contribution >= 4 is 11.9 Å². The topological polar surface area (TPSA) is 63.6 Å². The molecular formula is C30H56O4. The number of carbonyl (C=O) groups excluding carboxylic acids is 1. The molecule has 0 fully saturated rings. The third-order valence-corrected chi connectivity index (χ3v) is 6.49. The molecule has 0 aliphatic heterocycles. The van der Waals surface area contributed by atoms with Crippen LogP contribution in [-0.4, -0.2) is 23.1 Å². The Bertz CT molecular complexity index is 486. The fraction of sp³-hybridized carbons (Fsp3) is 0.867. The Hall–Kier alpha value is -1.32. The van der Waals surface area contributed by atoms with Crippen molar-refractivity contribution in [2.75, 3.05) is 0 Å². The van der Waals surface area contributed by atoms with E-state index in [2.05, 4.69) is 26.0 Å². The highest BCUT2D eigenvalue weighted by molar-refractivity contribution is 5.69. The molecule has 0 heterocycles. The Balaban J connectivity index is 3.72. The van der Waals surface area contributed by atoms with Gasteiger partial charge in [0.15, 0.2) is 0 Å². The van der Waals surface area contributed by atoms with Gasteiger partial charge in [-0.05, 0) is 57.8 Å². The average Bonchev–Trinajstić information content (AvgIpc) is 2.81. The van der Waals surface area contributed by atoms with Gasteiger partial charge in [-0.3, -0.25) is 9.59 Å². The quantitative estimate of drug-likeness (QED) is 0.0760. The maximum atomic E-state index is 12.3. The predicted octanol–water partition coefficient (Wildman–Crippen LogP) is 9.55. The molecule has 0 bridgehead atoms. The summed E-state index contributed by atoms with van der Waals surface area (Å²) in [5.41, 5.74) is 0. The second-order valence-electron chi connectivity index (χ2n) is 9.94. The monoisotopic (exact) mass is 480 g/mol. The molecule has 200 valence electrons. The van der Waals surface area contributed by atoms with Crippen LogP contribution in [0.25, 0.3) is 0 Å². The van der Waals surface area contributed by atoms with E-state index in [4.69, 9.17) is 9.84 Å². The van der Waals surface area contributed by atoms with Gasteiger partial charge in [0.1, 0.15) is 6.10 Å². The lowest BCUT2D eigenvalue weighted by Crippen LogP contribution is -2.18. The molecule has 0 radical (unpaired) electrons. The second kappa shape index (κ2) is 26.3. The lowest BCUT2D eigenvalue weighted by molar-refractivity contribution is -0.150. The zero-order valence-electron chi connectivity index (χ0n) is 22.7. The second-order valence-corrected chi connectivity index (χ2v) is 9.94. The molecule has 0 rings (SSSR count). The number of aliphatic carboxylic acids is 1. The Morgan fingerprint density at radius 2 is 1.09 bits per heavy atom. The molecule has 0 aromatic heterocycles. The van der Waals surface area contributed by atoms with Gasteiger partial charge in [0, 0.05) is 12.8 Å². The first-order valence-electron chi connectivity index (χ1n) is 14.7. The van der Waals surface area contributed by atoms with E-state index in [9.17, 15) is 9.59 Å². The third-order valence-electron chi connectivity index (χ3n) is 6.49. The van der Waals surface area contributed by atoms with E-state index < -0.39 is 5.97 Å². The summed E-state index contributed by atoms with van der Waals surface area (Å²) in [7, 11) is 0. The highest BCUT2D eigenvalue weighted by Crippen LogP contribution is 2.17. The van der Waals surface area contributed by atoms with Gasteiger partial charge in [-0.2, -0.15) is 0 Å². The molecule has 0 amide bonds. The number of carboxylic acids is 1. The Morgan fingerprint density at radius 1 is 0.618 bits per heavy atom. The van der Waals surface area contributed by atoms with Gasteiger partial charge >= 0.3 is 11.9 Å². The Morgan fingerprint density at radius 3 is 1.68 bits per heavy atom. The van der Waals surface area contributed by atoms with Crippen LogP contribution in [0, 0.1) is 0 Å². The molecule has 0 saturated heterocycles. The zero-order chi connectivity index (χ0) is 25.1. The van der Waals surface area contributed by atoms with Crippen LogP contribution >= 0.6 is 0 Å². The number of ether oxygens (including phenoxy) is 1. The highest BCUT2D eigenvalue weighted by atomic mass is 16.5. The van der Waals surface area contributed by atoms with Crippen LogP contribution in [0.4, 0.5) is 0 Å². The van der Waals surface area contributed by atoms with Crippen LogP contribution in [0.5, 0.6) is 0 Å². The van der Waals surface area contributed by atoms with E-state index in [0.29, 0.717) is 6.42 Å². The SMILES string of the molecule is CCCCCC/C=C\CCCCCCCC(=O)OC(CCCC)CCCCCCCCC(=O)O. The number of hydrogen-bond acceptors (Lipinski definition) is 3. The molecular weight excluding hydrogens is 424 g/mol. The van der Waals surface area contributed by atoms with E-state index in [1.165, 1.54) is 57.8 Å². The van der Waals surface area contributed by atoms with Gasteiger partial charge in [0.25, 0.3) is 0 Å². The van der Waals surface area contributed by atoms with Crippen LogP contribution in [0.15, 0.2) is 12.2 Å². The molecule has 4 heteroatoms. The predicted molar refractivity (Wildman–Crippen MR) is 144 cm³/mol.